The molecule has 0 saturated heterocycles. The van der Waals surface area contributed by atoms with Crippen molar-refractivity contribution in [3.63, 3.8) is 0 Å². The van der Waals surface area contributed by atoms with Gasteiger partial charge in [0.2, 0.25) is 0 Å². The van der Waals surface area contributed by atoms with Crippen LogP contribution in [0.4, 0.5) is 0 Å². The van der Waals surface area contributed by atoms with E-state index in [0.717, 1.165) is 11.1 Å². The van der Waals surface area contributed by atoms with Crippen LogP contribution in [-0.2, 0) is 22.6 Å². The van der Waals surface area contributed by atoms with Crippen molar-refractivity contribution in [1.29, 1.82) is 0 Å². The molecule has 0 N–H and O–H groups in total. The summed E-state index contributed by atoms with van der Waals surface area (Å²) < 4.78 is 25.6. The third-order valence-corrected chi connectivity index (χ3v) is 9.89. The summed E-state index contributed by atoms with van der Waals surface area (Å²) in [4.78, 5) is 33.8. The molecule has 0 fully saturated rings. The van der Waals surface area contributed by atoms with Crippen LogP contribution in [0.15, 0.2) is 113 Å². The average molecular weight is 756 g/mol. The molecule has 0 spiro atoms. The predicted molar refractivity (Wildman–Crippen MR) is 206 cm³/mol. The second kappa shape index (κ2) is 16.5. The molecule has 1 aliphatic rings. The number of aromatic nitrogens is 1. The molecule has 11 heteroatoms. The van der Waals surface area contributed by atoms with Crippen LogP contribution in [0.3, 0.4) is 0 Å². The van der Waals surface area contributed by atoms with E-state index in [9.17, 15) is 9.59 Å². The first-order valence-electron chi connectivity index (χ1n) is 16.7. The number of methoxy groups -OCH3 is 1. The molecular formula is C41H36Cl2N2O6S. The Morgan fingerprint density at radius 3 is 2.42 bits per heavy atom. The van der Waals surface area contributed by atoms with Crippen molar-refractivity contribution in [2.75, 3.05) is 20.3 Å². The fraction of sp³-hybridized carbons (Fsp3) is 0.195. The fourth-order valence-corrected chi connectivity index (χ4v) is 7.44. The SMILES string of the molecule is C=CCc1cc(/C=c2\sc3n(c2=O)[C@@H](c2cc(Cl)ccc2OC)C(C(=O)OCC)=C(c2ccccc2)N=3)cc(OCC)c1OCc1ccccc1Cl. The van der Waals surface area contributed by atoms with E-state index in [0.29, 0.717) is 72.0 Å². The number of hydrogen-bond donors (Lipinski definition) is 0. The number of thiazole rings is 1. The first kappa shape index (κ1) is 36.7. The van der Waals surface area contributed by atoms with Gasteiger partial charge in [0.25, 0.3) is 5.56 Å². The van der Waals surface area contributed by atoms with E-state index in [-0.39, 0.29) is 24.3 Å². The number of fused-ring (bicyclic) bond motifs is 1. The Morgan fingerprint density at radius 1 is 0.942 bits per heavy atom. The molecule has 8 nitrogen and oxygen atoms in total. The van der Waals surface area contributed by atoms with Crippen molar-refractivity contribution >= 4 is 52.3 Å². The van der Waals surface area contributed by atoms with Gasteiger partial charge in [-0.2, -0.15) is 0 Å². The van der Waals surface area contributed by atoms with Crippen molar-refractivity contribution in [2.45, 2.75) is 32.9 Å². The summed E-state index contributed by atoms with van der Waals surface area (Å²) in [5, 5.41) is 1.02. The summed E-state index contributed by atoms with van der Waals surface area (Å²) in [6, 6.07) is 24.8. The molecule has 2 heterocycles. The van der Waals surface area contributed by atoms with Gasteiger partial charge in [0.05, 0.1) is 36.1 Å². The molecule has 0 aliphatic carbocycles. The number of carbonyl (C=O) groups excluding carboxylic acids is 1. The number of ether oxygens (including phenoxy) is 4. The second-order valence-corrected chi connectivity index (χ2v) is 13.5. The Labute approximate surface area is 315 Å². The van der Waals surface area contributed by atoms with Crippen LogP contribution in [0.25, 0.3) is 11.8 Å². The van der Waals surface area contributed by atoms with E-state index in [1.165, 1.54) is 23.0 Å². The molecule has 4 aromatic carbocycles. The summed E-state index contributed by atoms with van der Waals surface area (Å²) in [5.41, 5.74) is 3.81. The number of allylic oxidation sites excluding steroid dienone is 1. The minimum absolute atomic E-state index is 0.127. The minimum Gasteiger partial charge on any atom is -0.496 e. The lowest BCUT2D eigenvalue weighted by Crippen LogP contribution is -2.40. The quantitative estimate of drug-likeness (QED) is 0.0896. The zero-order valence-corrected chi connectivity index (χ0v) is 31.2. The zero-order chi connectivity index (χ0) is 36.8. The van der Waals surface area contributed by atoms with Gasteiger partial charge in [0, 0.05) is 32.3 Å². The van der Waals surface area contributed by atoms with E-state index in [1.54, 1.807) is 37.3 Å². The average Bonchev–Trinajstić information content (AvgIpc) is 3.45. The number of nitrogens with zero attached hydrogens (tertiary/aromatic N) is 2. The molecule has 1 atom stereocenters. The van der Waals surface area contributed by atoms with Gasteiger partial charge in [-0.3, -0.25) is 9.36 Å². The molecule has 6 rings (SSSR count). The third kappa shape index (κ3) is 7.58. The maximum atomic E-state index is 14.6. The summed E-state index contributed by atoms with van der Waals surface area (Å²) >= 11 is 14.2. The van der Waals surface area contributed by atoms with Gasteiger partial charge in [-0.25, -0.2) is 9.79 Å². The van der Waals surface area contributed by atoms with Crippen LogP contribution in [0, 0.1) is 0 Å². The molecule has 5 aromatic rings. The molecule has 0 saturated carbocycles. The zero-order valence-electron chi connectivity index (χ0n) is 28.9. The van der Waals surface area contributed by atoms with E-state index < -0.39 is 12.0 Å². The van der Waals surface area contributed by atoms with Gasteiger partial charge in [-0.05, 0) is 68.3 Å². The first-order chi connectivity index (χ1) is 25.3. The number of halogens is 2. The van der Waals surface area contributed by atoms with Gasteiger partial charge in [0.15, 0.2) is 16.3 Å². The topological polar surface area (TPSA) is 88.4 Å². The summed E-state index contributed by atoms with van der Waals surface area (Å²) in [6.07, 6.45) is 4.06. The van der Waals surface area contributed by atoms with Crippen molar-refractivity contribution < 1.29 is 23.7 Å². The minimum atomic E-state index is -0.961. The highest BCUT2D eigenvalue weighted by Crippen LogP contribution is 2.40. The molecule has 0 radical (unpaired) electrons. The van der Waals surface area contributed by atoms with Gasteiger partial charge in [0.1, 0.15) is 18.4 Å². The third-order valence-electron chi connectivity index (χ3n) is 8.31. The highest BCUT2D eigenvalue weighted by atomic mass is 35.5. The molecule has 0 bridgehead atoms. The predicted octanol–water partition coefficient (Wildman–Crippen LogP) is 7.96. The standard InChI is InChI=1S/C41H36Cl2N2O6S/c1-5-13-27-20-25(21-33(49-6-2)38(27)51-24-28-16-11-12-17-31(28)43)22-34-39(46)45-37(30-23-29(42)18-19-32(30)48-4)35(40(47)50-7-3)36(44-41(45)52-34)26-14-9-8-10-15-26/h5,8-12,14-23,37H,1,6-7,13,24H2,2-4H3/b34-22-/t37-/m0/s1. The lowest BCUT2D eigenvalue weighted by atomic mass is 9.92. The number of benzene rings is 4. The van der Waals surface area contributed by atoms with E-state index in [4.69, 9.17) is 47.1 Å². The van der Waals surface area contributed by atoms with Gasteiger partial charge in [-0.1, -0.05) is 89.1 Å². The van der Waals surface area contributed by atoms with Crippen LogP contribution >= 0.6 is 34.5 Å². The Kier molecular flexibility index (Phi) is 11.6. The molecule has 1 aromatic heterocycles. The Morgan fingerprint density at radius 2 is 1.71 bits per heavy atom. The maximum Gasteiger partial charge on any atom is 0.338 e. The first-order valence-corrected chi connectivity index (χ1v) is 18.2. The van der Waals surface area contributed by atoms with Gasteiger partial charge >= 0.3 is 5.97 Å². The highest BCUT2D eigenvalue weighted by molar-refractivity contribution is 7.07. The maximum absolute atomic E-state index is 14.6. The Hall–Kier alpha value is -5.09. The Bertz CT molecular complexity index is 2350. The van der Waals surface area contributed by atoms with Crippen molar-refractivity contribution in [2.24, 2.45) is 4.99 Å². The lowest BCUT2D eigenvalue weighted by molar-refractivity contribution is -0.138. The van der Waals surface area contributed by atoms with Crippen LogP contribution < -0.4 is 29.1 Å². The monoisotopic (exact) mass is 754 g/mol. The molecule has 1 aliphatic heterocycles. The number of esters is 1. The van der Waals surface area contributed by atoms with E-state index in [1.807, 2.05) is 73.7 Å². The number of hydrogen-bond acceptors (Lipinski definition) is 8. The van der Waals surface area contributed by atoms with Crippen molar-refractivity contribution in [3.8, 4) is 17.2 Å². The lowest BCUT2D eigenvalue weighted by Gasteiger charge is -2.27. The molecule has 0 unspecified atom stereocenters. The fourth-order valence-electron chi connectivity index (χ4n) is 6.07. The van der Waals surface area contributed by atoms with Gasteiger partial charge < -0.3 is 18.9 Å². The van der Waals surface area contributed by atoms with Crippen LogP contribution in [0.1, 0.15) is 47.7 Å². The largest absolute Gasteiger partial charge is 0.496 e. The Balaban J connectivity index is 1.57. The van der Waals surface area contributed by atoms with E-state index >= 15 is 0 Å². The molecular weight excluding hydrogens is 719 g/mol. The van der Waals surface area contributed by atoms with Crippen LogP contribution in [0.2, 0.25) is 10.0 Å². The van der Waals surface area contributed by atoms with Crippen molar-refractivity contribution in [1.82, 2.24) is 4.57 Å². The van der Waals surface area contributed by atoms with Crippen LogP contribution in [-0.4, -0.2) is 30.9 Å². The summed E-state index contributed by atoms with van der Waals surface area (Å²) in [7, 11) is 1.53. The normalized spacial score (nSPS) is 14.0. The van der Waals surface area contributed by atoms with Gasteiger partial charge in [-0.15, -0.1) is 6.58 Å². The van der Waals surface area contributed by atoms with Crippen molar-refractivity contribution in [3.05, 3.63) is 161 Å². The highest BCUT2D eigenvalue weighted by Gasteiger charge is 2.37. The summed E-state index contributed by atoms with van der Waals surface area (Å²) in [5.74, 6) is 0.933. The molecule has 52 heavy (non-hydrogen) atoms. The van der Waals surface area contributed by atoms with Crippen LogP contribution in [0.5, 0.6) is 17.2 Å². The summed E-state index contributed by atoms with van der Waals surface area (Å²) in [6.45, 7) is 8.33. The second-order valence-electron chi connectivity index (χ2n) is 11.6. The smallest absolute Gasteiger partial charge is 0.338 e. The molecule has 266 valence electrons. The molecule has 0 amide bonds. The number of rotatable bonds is 13. The van der Waals surface area contributed by atoms with E-state index in [2.05, 4.69) is 6.58 Å². The number of carbonyl (C=O) groups is 1.